The number of carbonyl (C=O) groups is 2. The molecule has 0 amide bonds. The summed E-state index contributed by atoms with van der Waals surface area (Å²) in [4.78, 5) is 20.8. The monoisotopic (exact) mass is 145 g/mol. The van der Waals surface area contributed by atoms with Crippen molar-refractivity contribution in [1.29, 1.82) is 0 Å². The first-order chi connectivity index (χ1) is 4.70. The van der Waals surface area contributed by atoms with Gasteiger partial charge in [-0.1, -0.05) is 6.92 Å². The zero-order valence-electron chi connectivity index (χ0n) is 5.92. The number of ketones is 1. The van der Waals surface area contributed by atoms with Crippen molar-refractivity contribution in [3.05, 3.63) is 0 Å². The van der Waals surface area contributed by atoms with Gasteiger partial charge in [-0.2, -0.15) is 0 Å². The molecule has 0 fully saturated rings. The lowest BCUT2D eigenvalue weighted by Gasteiger charge is -1.98. The van der Waals surface area contributed by atoms with Crippen LogP contribution >= 0.6 is 0 Å². The molecule has 2 N–H and O–H groups in total. The Bertz CT molecular complexity index is 117. The van der Waals surface area contributed by atoms with Crippen LogP contribution < -0.4 is 5.73 Å². The molecule has 0 aliphatic rings. The van der Waals surface area contributed by atoms with Crippen molar-refractivity contribution >= 4 is 11.8 Å². The summed E-state index contributed by atoms with van der Waals surface area (Å²) in [5.41, 5.74) is 4.96. The predicted molar refractivity (Wildman–Crippen MR) is 35.3 cm³/mol. The van der Waals surface area contributed by atoms with Crippen LogP contribution in [0.15, 0.2) is 0 Å². The van der Waals surface area contributed by atoms with Gasteiger partial charge in [-0.25, -0.2) is 0 Å². The van der Waals surface area contributed by atoms with Crippen molar-refractivity contribution in [2.75, 3.05) is 13.2 Å². The Morgan fingerprint density at radius 1 is 1.50 bits per heavy atom. The van der Waals surface area contributed by atoms with Crippen molar-refractivity contribution in [3.63, 3.8) is 0 Å². The lowest BCUT2D eigenvalue weighted by molar-refractivity contribution is -0.147. The van der Waals surface area contributed by atoms with E-state index in [-0.39, 0.29) is 31.3 Å². The second-order valence-electron chi connectivity index (χ2n) is 1.76. The molecule has 0 aliphatic carbocycles. The minimum Gasteiger partial charge on any atom is -0.458 e. The second-order valence-corrected chi connectivity index (χ2v) is 1.76. The van der Waals surface area contributed by atoms with Crippen molar-refractivity contribution in [1.82, 2.24) is 0 Å². The number of Topliss-reactive ketones (excluding diaryl/α,β-unsaturated/α-hetero) is 1. The van der Waals surface area contributed by atoms with E-state index in [0.717, 1.165) is 0 Å². The Balaban J connectivity index is 3.35. The van der Waals surface area contributed by atoms with Crippen LogP contribution in [-0.2, 0) is 14.3 Å². The van der Waals surface area contributed by atoms with Crippen LogP contribution in [0.3, 0.4) is 0 Å². The summed E-state index contributed by atoms with van der Waals surface area (Å²) >= 11 is 0. The molecule has 0 rings (SSSR count). The highest BCUT2D eigenvalue weighted by Gasteiger charge is 2.02. The first kappa shape index (κ1) is 9.10. The average Bonchev–Trinajstić information content (AvgIpc) is 1.99. The highest BCUT2D eigenvalue weighted by Crippen LogP contribution is 1.83. The third-order valence-corrected chi connectivity index (χ3v) is 0.910. The first-order valence-electron chi connectivity index (χ1n) is 3.08. The number of ether oxygens (including phenoxy) is 1. The second kappa shape index (κ2) is 4.93. The molecule has 10 heavy (non-hydrogen) atoms. The highest BCUT2D eigenvalue weighted by molar-refractivity contribution is 5.83. The van der Waals surface area contributed by atoms with Crippen molar-refractivity contribution in [2.24, 2.45) is 5.73 Å². The summed E-state index contributed by atoms with van der Waals surface area (Å²) < 4.78 is 4.48. The molecule has 0 unspecified atom stereocenters. The van der Waals surface area contributed by atoms with Gasteiger partial charge in [0, 0.05) is 6.42 Å². The molecular weight excluding hydrogens is 134 g/mol. The molecule has 0 radical (unpaired) electrons. The highest BCUT2D eigenvalue weighted by atomic mass is 16.5. The van der Waals surface area contributed by atoms with Gasteiger partial charge >= 0.3 is 5.97 Å². The molecule has 0 saturated heterocycles. The third-order valence-electron chi connectivity index (χ3n) is 0.910. The molecule has 0 saturated carbocycles. The van der Waals surface area contributed by atoms with Crippen molar-refractivity contribution in [3.8, 4) is 0 Å². The van der Waals surface area contributed by atoms with E-state index < -0.39 is 0 Å². The molecule has 0 bridgehead atoms. The summed E-state index contributed by atoms with van der Waals surface area (Å²) in [7, 11) is 0. The summed E-state index contributed by atoms with van der Waals surface area (Å²) in [5.74, 6) is -0.636. The maximum atomic E-state index is 10.4. The van der Waals surface area contributed by atoms with Crippen LogP contribution in [0.25, 0.3) is 0 Å². The molecule has 4 nitrogen and oxygen atoms in total. The minimum atomic E-state index is -0.373. The van der Waals surface area contributed by atoms with E-state index >= 15 is 0 Å². The average molecular weight is 145 g/mol. The smallest absolute Gasteiger partial charge is 0.305 e. The standard InChI is InChI=1S/C6H11NO3/c1-2-6(9)10-4-5(8)3-7/h2-4,7H2,1H3. The Kier molecular flexibility index (Phi) is 4.49. The molecular formula is C6H11NO3. The number of hydrogen-bond donors (Lipinski definition) is 1. The minimum absolute atomic E-state index is 0.0724. The van der Waals surface area contributed by atoms with Gasteiger partial charge in [0.25, 0.3) is 0 Å². The summed E-state index contributed by atoms with van der Waals surface area (Å²) in [6.07, 6.45) is 0.290. The van der Waals surface area contributed by atoms with Crippen LogP contribution in [0.5, 0.6) is 0 Å². The van der Waals surface area contributed by atoms with Crippen molar-refractivity contribution in [2.45, 2.75) is 13.3 Å². The SMILES string of the molecule is CCC(=O)OCC(=O)CN. The fraction of sp³-hybridized carbons (Fsp3) is 0.667. The van der Waals surface area contributed by atoms with Gasteiger partial charge in [0.1, 0.15) is 0 Å². The van der Waals surface area contributed by atoms with E-state index in [0.29, 0.717) is 0 Å². The normalized spacial score (nSPS) is 9.00. The van der Waals surface area contributed by atoms with Gasteiger partial charge in [-0.3, -0.25) is 9.59 Å². The largest absolute Gasteiger partial charge is 0.458 e. The Morgan fingerprint density at radius 2 is 2.10 bits per heavy atom. The predicted octanol–water partition coefficient (Wildman–Crippen LogP) is -0.533. The first-order valence-corrected chi connectivity index (χ1v) is 3.08. The third kappa shape index (κ3) is 4.03. The number of carbonyl (C=O) groups excluding carboxylic acids is 2. The van der Waals surface area contributed by atoms with Crippen LogP contribution in [0, 0.1) is 0 Å². The molecule has 0 atom stereocenters. The van der Waals surface area contributed by atoms with Crippen molar-refractivity contribution < 1.29 is 14.3 Å². The maximum absolute atomic E-state index is 10.4. The molecule has 4 heteroatoms. The van der Waals surface area contributed by atoms with Crippen LogP contribution in [0.4, 0.5) is 0 Å². The summed E-state index contributed by atoms with van der Waals surface area (Å²) in [5, 5.41) is 0. The molecule has 0 aromatic rings. The molecule has 58 valence electrons. The Morgan fingerprint density at radius 3 is 2.50 bits per heavy atom. The zero-order chi connectivity index (χ0) is 7.98. The number of nitrogens with two attached hydrogens (primary N) is 1. The quantitative estimate of drug-likeness (QED) is 0.540. The Hall–Kier alpha value is -0.900. The van der Waals surface area contributed by atoms with E-state index in [9.17, 15) is 9.59 Å². The molecule has 0 heterocycles. The number of esters is 1. The van der Waals surface area contributed by atoms with Gasteiger partial charge in [0.05, 0.1) is 6.54 Å². The van der Waals surface area contributed by atoms with Gasteiger partial charge in [-0.15, -0.1) is 0 Å². The molecule has 0 aromatic heterocycles. The lowest BCUT2D eigenvalue weighted by atomic mass is 10.4. The van der Waals surface area contributed by atoms with E-state index in [4.69, 9.17) is 5.73 Å². The van der Waals surface area contributed by atoms with E-state index in [1.807, 2.05) is 0 Å². The van der Waals surface area contributed by atoms with Crippen LogP contribution in [0.1, 0.15) is 13.3 Å². The fourth-order valence-corrected chi connectivity index (χ4v) is 0.322. The molecule has 0 spiro atoms. The number of rotatable bonds is 4. The van der Waals surface area contributed by atoms with Crippen LogP contribution in [-0.4, -0.2) is 24.9 Å². The Labute approximate surface area is 59.3 Å². The zero-order valence-corrected chi connectivity index (χ0v) is 5.92. The topological polar surface area (TPSA) is 69.4 Å². The number of hydrogen-bond acceptors (Lipinski definition) is 4. The van der Waals surface area contributed by atoms with Crippen LogP contribution in [0.2, 0.25) is 0 Å². The van der Waals surface area contributed by atoms with E-state index in [2.05, 4.69) is 4.74 Å². The van der Waals surface area contributed by atoms with Gasteiger partial charge < -0.3 is 10.5 Å². The van der Waals surface area contributed by atoms with Gasteiger partial charge in [0.15, 0.2) is 12.4 Å². The van der Waals surface area contributed by atoms with Gasteiger partial charge in [-0.05, 0) is 0 Å². The maximum Gasteiger partial charge on any atom is 0.305 e. The lowest BCUT2D eigenvalue weighted by Crippen LogP contribution is -2.20. The summed E-state index contributed by atoms with van der Waals surface area (Å²) in [6.45, 7) is 1.40. The summed E-state index contributed by atoms with van der Waals surface area (Å²) in [6, 6.07) is 0. The van der Waals surface area contributed by atoms with E-state index in [1.54, 1.807) is 6.92 Å². The van der Waals surface area contributed by atoms with Gasteiger partial charge in [0.2, 0.25) is 0 Å². The van der Waals surface area contributed by atoms with E-state index in [1.165, 1.54) is 0 Å². The molecule has 0 aromatic carbocycles. The fourth-order valence-electron chi connectivity index (χ4n) is 0.322. The molecule has 0 aliphatic heterocycles.